The number of carbonyl (C=O) groups excluding carboxylic acids is 3. The number of carbonyl (C=O) groups is 3. The van der Waals surface area contributed by atoms with Gasteiger partial charge in [0.25, 0.3) is 0 Å². The molecule has 0 spiro atoms. The summed E-state index contributed by atoms with van der Waals surface area (Å²) >= 11 is 0. The maximum atomic E-state index is 13.3. The molecule has 8 nitrogen and oxygen atoms in total. The number of ether oxygens (including phenoxy) is 3. The second-order valence-electron chi connectivity index (χ2n) is 9.29. The van der Waals surface area contributed by atoms with E-state index in [0.717, 1.165) is 6.42 Å². The van der Waals surface area contributed by atoms with Crippen LogP contribution in [0.2, 0.25) is 0 Å². The highest BCUT2D eigenvalue weighted by Crippen LogP contribution is 2.39. The van der Waals surface area contributed by atoms with Gasteiger partial charge >= 0.3 is 12.1 Å². The number of nitrogens with zero attached hydrogens (tertiary/aromatic N) is 1. The van der Waals surface area contributed by atoms with Crippen molar-refractivity contribution in [1.82, 2.24) is 10.2 Å². The predicted molar refractivity (Wildman–Crippen MR) is 119 cm³/mol. The van der Waals surface area contributed by atoms with Gasteiger partial charge in [-0.1, -0.05) is 25.5 Å². The number of methoxy groups -OCH3 is 2. The Kier molecular flexibility index (Phi) is 9.54. The molecule has 1 aliphatic heterocycles. The topological polar surface area (TPSA) is 94.2 Å². The quantitative estimate of drug-likeness (QED) is 0.459. The van der Waals surface area contributed by atoms with E-state index in [-0.39, 0.29) is 11.8 Å². The van der Waals surface area contributed by atoms with Gasteiger partial charge in [-0.3, -0.25) is 9.69 Å². The van der Waals surface area contributed by atoms with Crippen molar-refractivity contribution < 1.29 is 28.6 Å². The molecule has 0 radical (unpaired) electrons. The van der Waals surface area contributed by atoms with E-state index in [1.165, 1.54) is 18.9 Å². The Hall–Kier alpha value is -2.09. The summed E-state index contributed by atoms with van der Waals surface area (Å²) < 4.78 is 16.6. The van der Waals surface area contributed by atoms with Gasteiger partial charge in [-0.25, -0.2) is 9.59 Å². The molecule has 1 N–H and O–H groups in total. The number of hydrogen-bond donors (Lipinski definition) is 1. The van der Waals surface area contributed by atoms with Gasteiger partial charge in [-0.05, 0) is 47.5 Å². The largest absolute Gasteiger partial charge is 0.467 e. The predicted octanol–water partition coefficient (Wildman–Crippen LogP) is 3.44. The third kappa shape index (κ3) is 6.69. The van der Waals surface area contributed by atoms with E-state index in [9.17, 15) is 14.4 Å². The van der Waals surface area contributed by atoms with Gasteiger partial charge in [0.05, 0.1) is 24.8 Å². The molecule has 178 valence electrons. The van der Waals surface area contributed by atoms with Gasteiger partial charge in [0.15, 0.2) is 0 Å². The van der Waals surface area contributed by atoms with Crippen molar-refractivity contribution in [3.63, 3.8) is 0 Å². The minimum Gasteiger partial charge on any atom is -0.467 e. The van der Waals surface area contributed by atoms with Gasteiger partial charge in [0, 0.05) is 20.0 Å². The van der Waals surface area contributed by atoms with Crippen LogP contribution in [0.5, 0.6) is 0 Å². The van der Waals surface area contributed by atoms with Gasteiger partial charge in [0.2, 0.25) is 5.91 Å². The Labute approximate surface area is 186 Å². The molecule has 0 saturated carbocycles. The van der Waals surface area contributed by atoms with Crippen LogP contribution in [0.4, 0.5) is 4.79 Å². The van der Waals surface area contributed by atoms with E-state index in [4.69, 9.17) is 14.2 Å². The molecule has 1 unspecified atom stereocenters. The van der Waals surface area contributed by atoms with E-state index in [0.29, 0.717) is 12.8 Å². The number of allylic oxidation sites excluding steroid dienone is 1. The van der Waals surface area contributed by atoms with Crippen molar-refractivity contribution in [2.45, 2.75) is 97.1 Å². The van der Waals surface area contributed by atoms with Gasteiger partial charge < -0.3 is 19.5 Å². The molecule has 0 aromatic rings. The van der Waals surface area contributed by atoms with Crippen molar-refractivity contribution in [2.75, 3.05) is 14.2 Å². The van der Waals surface area contributed by atoms with E-state index < -0.39 is 41.4 Å². The fourth-order valence-corrected chi connectivity index (χ4v) is 4.38. The monoisotopic (exact) mass is 440 g/mol. The maximum Gasteiger partial charge on any atom is 0.411 e. The molecule has 0 aromatic carbocycles. The lowest BCUT2D eigenvalue weighted by Gasteiger charge is -2.45. The normalized spacial score (nSPS) is 24.5. The SMILES string of the molecule is C/C=C\[C@@H]1C[C@H](C(=O)OC)N(C(=O)OC(C)(C)C)[C@H]1[C@@H](NC(C)=O)C(C)(CCC)OC. The summed E-state index contributed by atoms with van der Waals surface area (Å²) in [5.74, 6) is -0.960. The zero-order valence-corrected chi connectivity index (χ0v) is 20.5. The van der Waals surface area contributed by atoms with Crippen LogP contribution in [0.1, 0.15) is 67.7 Å². The number of rotatable bonds is 8. The molecular weight excluding hydrogens is 400 g/mol. The van der Waals surface area contributed by atoms with E-state index in [1.807, 2.05) is 32.9 Å². The fourth-order valence-electron chi connectivity index (χ4n) is 4.38. The van der Waals surface area contributed by atoms with Crippen LogP contribution in [0, 0.1) is 5.92 Å². The lowest BCUT2D eigenvalue weighted by molar-refractivity contribution is -0.147. The molecule has 1 heterocycles. The zero-order chi connectivity index (χ0) is 24.0. The molecule has 0 aromatic heterocycles. The van der Waals surface area contributed by atoms with E-state index in [2.05, 4.69) is 5.32 Å². The molecule has 0 aliphatic carbocycles. The summed E-state index contributed by atoms with van der Waals surface area (Å²) in [5, 5.41) is 3.01. The highest BCUT2D eigenvalue weighted by Gasteiger charge is 2.55. The first-order valence-corrected chi connectivity index (χ1v) is 10.9. The number of esters is 1. The minimum atomic E-state index is -0.829. The zero-order valence-electron chi connectivity index (χ0n) is 20.5. The molecule has 1 aliphatic rings. The molecule has 5 atom stereocenters. The number of hydrogen-bond acceptors (Lipinski definition) is 6. The van der Waals surface area contributed by atoms with Crippen molar-refractivity contribution in [3.8, 4) is 0 Å². The Morgan fingerprint density at radius 1 is 1.19 bits per heavy atom. The smallest absolute Gasteiger partial charge is 0.411 e. The van der Waals surface area contributed by atoms with Crippen LogP contribution in [-0.2, 0) is 23.8 Å². The van der Waals surface area contributed by atoms with Crippen molar-refractivity contribution in [2.24, 2.45) is 5.92 Å². The fraction of sp³-hybridized carbons (Fsp3) is 0.783. The van der Waals surface area contributed by atoms with Crippen molar-refractivity contribution in [1.29, 1.82) is 0 Å². The first kappa shape index (κ1) is 26.9. The highest BCUT2D eigenvalue weighted by molar-refractivity contribution is 5.83. The third-order valence-corrected chi connectivity index (χ3v) is 5.68. The standard InChI is InChI=1S/C23H40N2O6/c1-10-12-16-14-17(20(27)29-8)25(21(28)31-22(4,5)6)18(16)19(24-15(3)26)23(7,30-9)13-11-2/h10,12,16-19H,11,13-14H2,1-9H3,(H,24,26)/b12-10-/t16-,17-,18-,19-,23?/m1/s1. The summed E-state index contributed by atoms with van der Waals surface area (Å²) in [6, 6.07) is -1.96. The molecular formula is C23H40N2O6. The van der Waals surface area contributed by atoms with Gasteiger partial charge in [-0.15, -0.1) is 0 Å². The molecule has 8 heteroatoms. The van der Waals surface area contributed by atoms with Crippen LogP contribution in [-0.4, -0.2) is 66.4 Å². The summed E-state index contributed by atoms with van der Waals surface area (Å²) in [5.41, 5.74) is -1.52. The lowest BCUT2D eigenvalue weighted by Crippen LogP contribution is -2.64. The Morgan fingerprint density at radius 2 is 1.81 bits per heavy atom. The number of amides is 2. The average Bonchev–Trinajstić information content (AvgIpc) is 3.03. The summed E-state index contributed by atoms with van der Waals surface area (Å²) in [6.45, 7) is 12.6. The van der Waals surface area contributed by atoms with Crippen molar-refractivity contribution >= 4 is 18.0 Å². The van der Waals surface area contributed by atoms with Crippen LogP contribution < -0.4 is 5.32 Å². The van der Waals surface area contributed by atoms with Crippen molar-refractivity contribution in [3.05, 3.63) is 12.2 Å². The van der Waals surface area contributed by atoms with Gasteiger partial charge in [-0.2, -0.15) is 0 Å². The minimum absolute atomic E-state index is 0.204. The Bertz CT molecular complexity index is 671. The average molecular weight is 441 g/mol. The van der Waals surface area contributed by atoms with E-state index >= 15 is 0 Å². The number of nitrogens with one attached hydrogen (secondary N) is 1. The molecule has 0 bridgehead atoms. The van der Waals surface area contributed by atoms with Crippen LogP contribution in [0.15, 0.2) is 12.2 Å². The summed E-state index contributed by atoms with van der Waals surface area (Å²) in [4.78, 5) is 39.6. The van der Waals surface area contributed by atoms with Crippen LogP contribution in [0.25, 0.3) is 0 Å². The third-order valence-electron chi connectivity index (χ3n) is 5.68. The van der Waals surface area contributed by atoms with Gasteiger partial charge in [0.1, 0.15) is 11.6 Å². The second kappa shape index (κ2) is 11.0. The lowest BCUT2D eigenvalue weighted by atomic mass is 9.81. The Balaban J connectivity index is 3.66. The van der Waals surface area contributed by atoms with E-state index in [1.54, 1.807) is 27.9 Å². The first-order valence-electron chi connectivity index (χ1n) is 10.9. The Morgan fingerprint density at radius 3 is 2.23 bits per heavy atom. The highest BCUT2D eigenvalue weighted by atomic mass is 16.6. The summed E-state index contributed by atoms with van der Waals surface area (Å²) in [7, 11) is 2.90. The molecule has 1 fully saturated rings. The molecule has 1 saturated heterocycles. The van der Waals surface area contributed by atoms with Crippen LogP contribution >= 0.6 is 0 Å². The first-order chi connectivity index (χ1) is 14.3. The second-order valence-corrected chi connectivity index (χ2v) is 9.29. The number of likely N-dealkylation sites (tertiary alicyclic amines) is 1. The molecule has 1 rings (SSSR count). The molecule has 2 amide bonds. The maximum absolute atomic E-state index is 13.3. The summed E-state index contributed by atoms with van der Waals surface area (Å²) in [6.07, 6.45) is 5.06. The molecule has 31 heavy (non-hydrogen) atoms. The van der Waals surface area contributed by atoms with Crippen LogP contribution in [0.3, 0.4) is 0 Å².